The zero-order valence-electron chi connectivity index (χ0n) is 13.8. The summed E-state index contributed by atoms with van der Waals surface area (Å²) in [7, 11) is 0. The van der Waals surface area contributed by atoms with E-state index in [4.69, 9.17) is 12.2 Å². The van der Waals surface area contributed by atoms with Crippen molar-refractivity contribution in [2.45, 2.75) is 6.92 Å². The van der Waals surface area contributed by atoms with Gasteiger partial charge in [-0.2, -0.15) is 0 Å². The second kappa shape index (κ2) is 7.73. The number of thiocarbonyl (C=S) groups is 1. The minimum atomic E-state index is -0.220. The van der Waals surface area contributed by atoms with Crippen molar-refractivity contribution in [1.82, 2.24) is 5.32 Å². The fourth-order valence-corrected chi connectivity index (χ4v) is 2.71. The molecule has 0 radical (unpaired) electrons. The van der Waals surface area contributed by atoms with Gasteiger partial charge in [0, 0.05) is 11.3 Å². The SMILES string of the molecule is Cc1cccc(C(=O)NC(=S)Nc2ccc(-c3ccccc3)cc2)c1. The molecule has 3 nitrogen and oxygen atoms in total. The van der Waals surface area contributed by atoms with Gasteiger partial charge in [-0.25, -0.2) is 0 Å². The van der Waals surface area contributed by atoms with Gasteiger partial charge in [-0.3, -0.25) is 10.1 Å². The van der Waals surface area contributed by atoms with Crippen LogP contribution >= 0.6 is 12.2 Å². The van der Waals surface area contributed by atoms with Crippen molar-refractivity contribution < 1.29 is 4.79 Å². The number of aryl methyl sites for hydroxylation is 1. The van der Waals surface area contributed by atoms with Gasteiger partial charge in [0.25, 0.3) is 5.91 Å². The van der Waals surface area contributed by atoms with E-state index in [9.17, 15) is 4.79 Å². The summed E-state index contributed by atoms with van der Waals surface area (Å²) in [5, 5.41) is 6.01. The predicted octanol–water partition coefficient (Wildman–Crippen LogP) is 4.79. The lowest BCUT2D eigenvalue weighted by atomic mass is 10.1. The first kappa shape index (κ1) is 16.9. The van der Waals surface area contributed by atoms with Gasteiger partial charge in [-0.15, -0.1) is 0 Å². The van der Waals surface area contributed by atoms with E-state index in [0.717, 1.165) is 22.4 Å². The Labute approximate surface area is 152 Å². The molecule has 25 heavy (non-hydrogen) atoms. The molecule has 3 aromatic rings. The lowest BCUT2D eigenvalue weighted by Gasteiger charge is -2.10. The maximum atomic E-state index is 12.2. The second-order valence-corrected chi connectivity index (χ2v) is 6.13. The average Bonchev–Trinajstić information content (AvgIpc) is 2.63. The molecule has 124 valence electrons. The summed E-state index contributed by atoms with van der Waals surface area (Å²) in [6.45, 7) is 1.95. The highest BCUT2D eigenvalue weighted by Crippen LogP contribution is 2.20. The van der Waals surface area contributed by atoms with Crippen LogP contribution in [-0.2, 0) is 0 Å². The molecule has 0 unspecified atom stereocenters. The van der Waals surface area contributed by atoms with Crippen molar-refractivity contribution in [3.05, 3.63) is 90.0 Å². The standard InChI is InChI=1S/C21H18N2OS/c1-15-6-5-9-18(14-15)20(24)23-21(25)22-19-12-10-17(11-13-19)16-7-3-2-4-8-16/h2-14H,1H3,(H2,22,23,24,25). The molecule has 0 aromatic heterocycles. The van der Waals surface area contributed by atoms with E-state index in [2.05, 4.69) is 22.8 Å². The van der Waals surface area contributed by atoms with E-state index in [1.165, 1.54) is 0 Å². The number of nitrogens with one attached hydrogen (secondary N) is 2. The maximum Gasteiger partial charge on any atom is 0.257 e. The van der Waals surface area contributed by atoms with E-state index >= 15 is 0 Å². The number of rotatable bonds is 3. The Hall–Kier alpha value is -2.98. The van der Waals surface area contributed by atoms with Gasteiger partial charge in [0.15, 0.2) is 5.11 Å². The molecular formula is C21H18N2OS. The van der Waals surface area contributed by atoms with Crippen LogP contribution in [0.2, 0.25) is 0 Å². The molecule has 0 heterocycles. The Balaban J connectivity index is 1.62. The van der Waals surface area contributed by atoms with Crippen LogP contribution in [-0.4, -0.2) is 11.0 Å². The Bertz CT molecular complexity index is 889. The second-order valence-electron chi connectivity index (χ2n) is 5.72. The number of hydrogen-bond donors (Lipinski definition) is 2. The van der Waals surface area contributed by atoms with Crippen LogP contribution in [0.4, 0.5) is 5.69 Å². The summed E-state index contributed by atoms with van der Waals surface area (Å²) in [5.74, 6) is -0.220. The van der Waals surface area contributed by atoms with Crippen LogP contribution in [0, 0.1) is 6.92 Å². The molecule has 0 fully saturated rings. The quantitative estimate of drug-likeness (QED) is 0.670. The molecule has 0 aliphatic rings. The van der Waals surface area contributed by atoms with Gasteiger partial charge in [-0.05, 0) is 54.5 Å². The van der Waals surface area contributed by atoms with Crippen LogP contribution in [0.1, 0.15) is 15.9 Å². The molecule has 0 atom stereocenters. The van der Waals surface area contributed by atoms with E-state index in [0.29, 0.717) is 5.56 Å². The first-order valence-electron chi connectivity index (χ1n) is 7.96. The highest BCUT2D eigenvalue weighted by molar-refractivity contribution is 7.80. The van der Waals surface area contributed by atoms with Crippen molar-refractivity contribution >= 4 is 28.9 Å². The van der Waals surface area contributed by atoms with E-state index in [1.807, 2.05) is 67.6 Å². The van der Waals surface area contributed by atoms with Crippen molar-refractivity contribution in [2.24, 2.45) is 0 Å². The highest BCUT2D eigenvalue weighted by Gasteiger charge is 2.08. The molecule has 0 bridgehead atoms. The van der Waals surface area contributed by atoms with Crippen LogP contribution in [0.15, 0.2) is 78.9 Å². The fourth-order valence-electron chi connectivity index (χ4n) is 2.50. The van der Waals surface area contributed by atoms with Crippen molar-refractivity contribution in [2.75, 3.05) is 5.32 Å². The van der Waals surface area contributed by atoms with E-state index < -0.39 is 0 Å². The molecule has 0 saturated heterocycles. The third kappa shape index (κ3) is 4.52. The minimum absolute atomic E-state index is 0.220. The lowest BCUT2D eigenvalue weighted by Crippen LogP contribution is -2.34. The lowest BCUT2D eigenvalue weighted by molar-refractivity contribution is 0.0977. The summed E-state index contributed by atoms with van der Waals surface area (Å²) in [4.78, 5) is 12.2. The normalized spacial score (nSPS) is 10.1. The zero-order valence-corrected chi connectivity index (χ0v) is 14.6. The molecule has 0 aliphatic heterocycles. The van der Waals surface area contributed by atoms with Gasteiger partial charge in [0.1, 0.15) is 0 Å². The number of hydrogen-bond acceptors (Lipinski definition) is 2. The van der Waals surface area contributed by atoms with Gasteiger partial charge in [0.2, 0.25) is 0 Å². The van der Waals surface area contributed by atoms with Crippen LogP contribution in [0.25, 0.3) is 11.1 Å². The molecular weight excluding hydrogens is 328 g/mol. The fraction of sp³-hybridized carbons (Fsp3) is 0.0476. The third-order valence-electron chi connectivity index (χ3n) is 3.76. The van der Waals surface area contributed by atoms with E-state index in [-0.39, 0.29) is 11.0 Å². The number of anilines is 1. The van der Waals surface area contributed by atoms with Crippen LogP contribution in [0.3, 0.4) is 0 Å². The summed E-state index contributed by atoms with van der Waals surface area (Å²) in [5.41, 5.74) is 4.73. The Morgan fingerprint density at radius 1 is 0.840 bits per heavy atom. The topological polar surface area (TPSA) is 41.1 Å². The van der Waals surface area contributed by atoms with Crippen molar-refractivity contribution in [1.29, 1.82) is 0 Å². The maximum absolute atomic E-state index is 12.2. The number of benzene rings is 3. The monoisotopic (exact) mass is 346 g/mol. The van der Waals surface area contributed by atoms with E-state index in [1.54, 1.807) is 6.07 Å². The third-order valence-corrected chi connectivity index (χ3v) is 3.96. The molecule has 3 aromatic carbocycles. The molecule has 4 heteroatoms. The summed E-state index contributed by atoms with van der Waals surface area (Å²) >= 11 is 5.23. The first-order chi connectivity index (χ1) is 12.1. The van der Waals surface area contributed by atoms with Gasteiger partial charge >= 0.3 is 0 Å². The first-order valence-corrected chi connectivity index (χ1v) is 8.37. The molecule has 1 amide bonds. The highest BCUT2D eigenvalue weighted by atomic mass is 32.1. The van der Waals surface area contributed by atoms with Crippen LogP contribution in [0.5, 0.6) is 0 Å². The van der Waals surface area contributed by atoms with Gasteiger partial charge < -0.3 is 5.32 Å². The zero-order chi connectivity index (χ0) is 17.6. The number of carbonyl (C=O) groups is 1. The smallest absolute Gasteiger partial charge is 0.257 e. The molecule has 0 saturated carbocycles. The van der Waals surface area contributed by atoms with Gasteiger partial charge in [-0.1, -0.05) is 60.2 Å². The number of amides is 1. The van der Waals surface area contributed by atoms with Crippen molar-refractivity contribution in [3.8, 4) is 11.1 Å². The average molecular weight is 346 g/mol. The van der Waals surface area contributed by atoms with Crippen molar-refractivity contribution in [3.63, 3.8) is 0 Å². The predicted molar refractivity (Wildman–Crippen MR) is 107 cm³/mol. The Kier molecular flexibility index (Phi) is 5.21. The molecule has 0 spiro atoms. The Morgan fingerprint density at radius 2 is 1.52 bits per heavy atom. The molecule has 2 N–H and O–H groups in total. The number of carbonyl (C=O) groups excluding carboxylic acids is 1. The largest absolute Gasteiger partial charge is 0.332 e. The Morgan fingerprint density at radius 3 is 2.20 bits per heavy atom. The summed E-state index contributed by atoms with van der Waals surface area (Å²) in [6, 6.07) is 25.4. The summed E-state index contributed by atoms with van der Waals surface area (Å²) in [6.07, 6.45) is 0. The minimum Gasteiger partial charge on any atom is -0.332 e. The molecule has 3 rings (SSSR count). The van der Waals surface area contributed by atoms with Crippen LogP contribution < -0.4 is 10.6 Å². The van der Waals surface area contributed by atoms with Gasteiger partial charge in [0.05, 0.1) is 0 Å². The molecule has 0 aliphatic carbocycles. The summed E-state index contributed by atoms with van der Waals surface area (Å²) < 4.78 is 0.